The second-order valence-electron chi connectivity index (χ2n) is 6.53. The lowest BCUT2D eigenvalue weighted by Crippen LogP contribution is -2.45. The number of esters is 2. The number of ether oxygens (including phenoxy) is 2. The van der Waals surface area contributed by atoms with Gasteiger partial charge in [0.2, 0.25) is 11.8 Å². The lowest BCUT2D eigenvalue weighted by molar-refractivity contribution is -0.151. The molecule has 2 N–H and O–H groups in total. The van der Waals surface area contributed by atoms with Crippen LogP contribution >= 0.6 is 0 Å². The molecular formula is C17H30N2O6. The Morgan fingerprint density at radius 1 is 0.720 bits per heavy atom. The molecule has 2 amide bonds. The first kappa shape index (κ1) is 22.9. The summed E-state index contributed by atoms with van der Waals surface area (Å²) < 4.78 is 10.2. The topological polar surface area (TPSA) is 111 Å². The Morgan fingerprint density at radius 2 is 1.04 bits per heavy atom. The predicted molar refractivity (Wildman–Crippen MR) is 91.4 cm³/mol. The Hall–Kier alpha value is -2.12. The number of amides is 2. The van der Waals surface area contributed by atoms with Gasteiger partial charge in [0.25, 0.3) is 0 Å². The van der Waals surface area contributed by atoms with Crippen molar-refractivity contribution in [2.75, 3.05) is 13.2 Å². The van der Waals surface area contributed by atoms with Crippen molar-refractivity contribution >= 4 is 23.8 Å². The van der Waals surface area contributed by atoms with Gasteiger partial charge in [-0.2, -0.15) is 0 Å². The summed E-state index contributed by atoms with van der Waals surface area (Å²) in [5, 5.41) is 5.09. The molecule has 0 radical (unpaired) electrons. The quantitative estimate of drug-likeness (QED) is 0.441. The third-order valence-electron chi connectivity index (χ3n) is 3.34. The lowest BCUT2D eigenvalue weighted by atomic mass is 10.0. The minimum atomic E-state index is -0.704. The first-order chi connectivity index (χ1) is 11.6. The highest BCUT2D eigenvalue weighted by Gasteiger charge is 2.25. The summed E-state index contributed by atoms with van der Waals surface area (Å²) in [6.07, 6.45) is 0.327. The Morgan fingerprint density at radius 3 is 1.28 bits per heavy atom. The van der Waals surface area contributed by atoms with Crippen LogP contribution in [0.1, 0.15) is 48.0 Å². The molecule has 2 unspecified atom stereocenters. The van der Waals surface area contributed by atoms with Crippen LogP contribution in [0.25, 0.3) is 0 Å². The van der Waals surface area contributed by atoms with Gasteiger partial charge in [-0.1, -0.05) is 27.7 Å². The molecule has 0 rings (SSSR count). The monoisotopic (exact) mass is 358 g/mol. The van der Waals surface area contributed by atoms with E-state index in [1.807, 2.05) is 0 Å². The number of rotatable bonds is 10. The van der Waals surface area contributed by atoms with Crippen LogP contribution in [0, 0.1) is 11.8 Å². The molecule has 0 aliphatic rings. The molecule has 0 spiro atoms. The smallest absolute Gasteiger partial charge is 0.328 e. The van der Waals surface area contributed by atoms with Crippen LogP contribution in [-0.2, 0) is 28.7 Å². The van der Waals surface area contributed by atoms with Crippen molar-refractivity contribution in [3.8, 4) is 0 Å². The van der Waals surface area contributed by atoms with Crippen LogP contribution in [0.4, 0.5) is 0 Å². The van der Waals surface area contributed by atoms with Crippen LogP contribution < -0.4 is 10.6 Å². The maximum Gasteiger partial charge on any atom is 0.328 e. The van der Waals surface area contributed by atoms with E-state index in [0.717, 1.165) is 0 Å². The maximum atomic E-state index is 11.9. The summed E-state index contributed by atoms with van der Waals surface area (Å²) in [5.41, 5.74) is 0. The van der Waals surface area contributed by atoms with Gasteiger partial charge in [-0.25, -0.2) is 9.59 Å². The number of hydrogen-bond donors (Lipinski definition) is 2. The number of carbonyl (C=O) groups is 4. The summed E-state index contributed by atoms with van der Waals surface area (Å²) in [6, 6.07) is -1.41. The van der Waals surface area contributed by atoms with Crippen molar-refractivity contribution in [2.24, 2.45) is 11.8 Å². The second kappa shape index (κ2) is 11.4. The number of hydrogen-bond acceptors (Lipinski definition) is 6. The molecule has 0 aromatic heterocycles. The van der Waals surface area contributed by atoms with Crippen molar-refractivity contribution in [2.45, 2.75) is 60.0 Å². The molecule has 0 saturated heterocycles. The van der Waals surface area contributed by atoms with E-state index in [4.69, 9.17) is 9.47 Å². The Labute approximate surface area is 149 Å². The van der Waals surface area contributed by atoms with Crippen LogP contribution in [-0.4, -0.2) is 49.1 Å². The van der Waals surface area contributed by atoms with E-state index >= 15 is 0 Å². The Kier molecular flexibility index (Phi) is 10.5. The highest BCUT2D eigenvalue weighted by molar-refractivity contribution is 5.84. The maximum absolute atomic E-state index is 11.9. The third-order valence-corrected chi connectivity index (χ3v) is 3.34. The van der Waals surface area contributed by atoms with Gasteiger partial charge in [0.05, 0.1) is 13.2 Å². The normalized spacial score (nSPS) is 13.1. The SMILES string of the molecule is CC(=O)NC(C(=O)OCCCOC(=O)C(NC(C)=O)C(C)C)C(C)C. The van der Waals surface area contributed by atoms with E-state index in [1.54, 1.807) is 27.7 Å². The molecule has 8 heteroatoms. The average Bonchev–Trinajstić information content (AvgIpc) is 2.48. The van der Waals surface area contributed by atoms with Crippen molar-refractivity contribution < 1.29 is 28.7 Å². The molecule has 8 nitrogen and oxygen atoms in total. The fourth-order valence-corrected chi connectivity index (χ4v) is 2.02. The average molecular weight is 358 g/mol. The van der Waals surface area contributed by atoms with Crippen LogP contribution in [0.2, 0.25) is 0 Å². The number of nitrogens with one attached hydrogen (secondary N) is 2. The molecule has 25 heavy (non-hydrogen) atoms. The molecule has 144 valence electrons. The van der Waals surface area contributed by atoms with Crippen molar-refractivity contribution in [3.05, 3.63) is 0 Å². The first-order valence-electron chi connectivity index (χ1n) is 8.43. The molecule has 0 aliphatic carbocycles. The van der Waals surface area contributed by atoms with E-state index in [1.165, 1.54) is 13.8 Å². The summed E-state index contributed by atoms with van der Waals surface area (Å²) in [5.74, 6) is -1.84. The Bertz CT molecular complexity index is 434. The molecule has 0 heterocycles. The van der Waals surface area contributed by atoms with Crippen LogP contribution in [0.5, 0.6) is 0 Å². The molecule has 0 aromatic carbocycles. The highest BCUT2D eigenvalue weighted by Crippen LogP contribution is 2.06. The van der Waals surface area contributed by atoms with Gasteiger partial charge in [0.15, 0.2) is 0 Å². The Balaban J connectivity index is 4.23. The molecule has 0 fully saturated rings. The summed E-state index contributed by atoms with van der Waals surface area (Å²) in [4.78, 5) is 46.1. The largest absolute Gasteiger partial charge is 0.464 e. The zero-order chi connectivity index (χ0) is 19.6. The van der Waals surface area contributed by atoms with Gasteiger partial charge >= 0.3 is 11.9 Å². The zero-order valence-electron chi connectivity index (χ0n) is 15.9. The minimum absolute atomic E-state index is 0.0708. The first-order valence-corrected chi connectivity index (χ1v) is 8.43. The summed E-state index contributed by atoms with van der Waals surface area (Å²) in [6.45, 7) is 10.0. The molecule has 0 aliphatic heterocycles. The molecule has 0 saturated carbocycles. The fraction of sp³-hybridized carbons (Fsp3) is 0.765. The van der Waals surface area contributed by atoms with Crippen molar-refractivity contribution in [1.82, 2.24) is 10.6 Å². The van der Waals surface area contributed by atoms with Crippen LogP contribution in [0.3, 0.4) is 0 Å². The van der Waals surface area contributed by atoms with Crippen molar-refractivity contribution in [3.63, 3.8) is 0 Å². The van der Waals surface area contributed by atoms with Gasteiger partial charge in [-0.05, 0) is 11.8 Å². The van der Waals surface area contributed by atoms with Gasteiger partial charge in [-0.15, -0.1) is 0 Å². The van der Waals surface area contributed by atoms with Gasteiger partial charge in [0, 0.05) is 20.3 Å². The van der Waals surface area contributed by atoms with E-state index in [0.29, 0.717) is 6.42 Å². The van der Waals surface area contributed by atoms with Crippen molar-refractivity contribution in [1.29, 1.82) is 0 Å². The second-order valence-corrected chi connectivity index (χ2v) is 6.53. The number of carbonyl (C=O) groups excluding carboxylic acids is 4. The van der Waals surface area contributed by atoms with E-state index < -0.39 is 24.0 Å². The zero-order valence-corrected chi connectivity index (χ0v) is 15.9. The van der Waals surface area contributed by atoms with E-state index in [-0.39, 0.29) is 36.9 Å². The van der Waals surface area contributed by atoms with Gasteiger partial charge < -0.3 is 20.1 Å². The van der Waals surface area contributed by atoms with E-state index in [2.05, 4.69) is 10.6 Å². The molecule has 0 aromatic rings. The summed E-state index contributed by atoms with van der Waals surface area (Å²) in [7, 11) is 0. The minimum Gasteiger partial charge on any atom is -0.464 e. The highest BCUT2D eigenvalue weighted by atomic mass is 16.5. The van der Waals surface area contributed by atoms with Crippen LogP contribution in [0.15, 0.2) is 0 Å². The van der Waals surface area contributed by atoms with Gasteiger partial charge in [0.1, 0.15) is 12.1 Å². The standard InChI is InChI=1S/C17H30N2O6/c1-10(2)14(18-12(5)20)16(22)24-8-7-9-25-17(23)15(11(3)4)19-13(6)21/h10-11,14-15H,7-9H2,1-6H3,(H,18,20)(H,19,21). The summed E-state index contributed by atoms with van der Waals surface area (Å²) >= 11 is 0. The van der Waals surface area contributed by atoms with Gasteiger partial charge in [-0.3, -0.25) is 9.59 Å². The fourth-order valence-electron chi connectivity index (χ4n) is 2.02. The molecular weight excluding hydrogens is 328 g/mol. The third kappa shape index (κ3) is 9.69. The molecule has 0 bridgehead atoms. The lowest BCUT2D eigenvalue weighted by Gasteiger charge is -2.21. The van der Waals surface area contributed by atoms with E-state index in [9.17, 15) is 19.2 Å². The molecule has 2 atom stereocenters. The predicted octanol–water partition coefficient (Wildman–Crippen LogP) is 0.784.